The van der Waals surface area contributed by atoms with Gasteiger partial charge in [-0.1, -0.05) is 23.2 Å². The van der Waals surface area contributed by atoms with Gasteiger partial charge in [0.15, 0.2) is 0 Å². The van der Waals surface area contributed by atoms with E-state index in [0.717, 1.165) is 26.2 Å². The standard InChI is InChI=1S/C10H8BrCl2NS2/c11-8-3-7(16-10(8)13)5-14-4-6-1-2-9(12)15-6/h1-3,14H,4-5H2. The molecule has 6 heteroatoms. The molecule has 0 radical (unpaired) electrons. The Kier molecular flexibility index (Phi) is 4.70. The molecule has 0 bridgehead atoms. The van der Waals surface area contributed by atoms with Gasteiger partial charge >= 0.3 is 0 Å². The van der Waals surface area contributed by atoms with E-state index in [-0.39, 0.29) is 0 Å². The Bertz CT molecular complexity index is 461. The molecule has 0 saturated carbocycles. The SMILES string of the molecule is Clc1ccc(CNCc2cc(Br)c(Cl)s2)s1. The first-order valence-electron chi connectivity index (χ1n) is 4.54. The van der Waals surface area contributed by atoms with Gasteiger partial charge in [0.25, 0.3) is 0 Å². The lowest BCUT2D eigenvalue weighted by Crippen LogP contribution is -2.10. The second-order valence-corrected chi connectivity index (χ2v) is 7.54. The van der Waals surface area contributed by atoms with Crippen LogP contribution in [0, 0.1) is 0 Å². The summed E-state index contributed by atoms with van der Waals surface area (Å²) in [6.45, 7) is 1.66. The Labute approximate surface area is 121 Å². The van der Waals surface area contributed by atoms with Gasteiger partial charge in [-0.3, -0.25) is 0 Å². The lowest BCUT2D eigenvalue weighted by Gasteiger charge is -1.99. The molecule has 2 aromatic rings. The van der Waals surface area contributed by atoms with Crippen LogP contribution in [0.5, 0.6) is 0 Å². The van der Waals surface area contributed by atoms with Crippen molar-refractivity contribution >= 4 is 61.8 Å². The maximum atomic E-state index is 5.96. The van der Waals surface area contributed by atoms with Crippen molar-refractivity contribution in [3.05, 3.63) is 41.1 Å². The van der Waals surface area contributed by atoms with Gasteiger partial charge in [-0.15, -0.1) is 22.7 Å². The monoisotopic (exact) mass is 355 g/mol. The van der Waals surface area contributed by atoms with E-state index >= 15 is 0 Å². The molecule has 2 heterocycles. The minimum absolute atomic E-state index is 0.802. The third-order valence-electron chi connectivity index (χ3n) is 1.92. The topological polar surface area (TPSA) is 12.0 Å². The van der Waals surface area contributed by atoms with Gasteiger partial charge in [-0.2, -0.15) is 0 Å². The van der Waals surface area contributed by atoms with Crippen molar-refractivity contribution in [1.82, 2.24) is 5.32 Å². The summed E-state index contributed by atoms with van der Waals surface area (Å²) < 4.78 is 2.60. The summed E-state index contributed by atoms with van der Waals surface area (Å²) >= 11 is 18.4. The molecule has 1 nitrogen and oxygen atoms in total. The number of halogens is 3. The van der Waals surface area contributed by atoms with Gasteiger partial charge in [0.1, 0.15) is 4.34 Å². The number of nitrogens with one attached hydrogen (secondary N) is 1. The Morgan fingerprint density at radius 2 is 1.88 bits per heavy atom. The molecular weight excluding hydrogens is 349 g/mol. The lowest BCUT2D eigenvalue weighted by atomic mass is 10.4. The highest BCUT2D eigenvalue weighted by Gasteiger charge is 2.04. The lowest BCUT2D eigenvalue weighted by molar-refractivity contribution is 0.709. The van der Waals surface area contributed by atoms with Gasteiger partial charge in [-0.05, 0) is 34.1 Å². The Balaban J connectivity index is 1.84. The Morgan fingerprint density at radius 1 is 1.12 bits per heavy atom. The smallest absolute Gasteiger partial charge is 0.107 e. The van der Waals surface area contributed by atoms with E-state index in [0.29, 0.717) is 0 Å². The van der Waals surface area contributed by atoms with Crippen molar-refractivity contribution in [3.63, 3.8) is 0 Å². The average molecular weight is 357 g/mol. The highest BCUT2D eigenvalue weighted by Crippen LogP contribution is 2.31. The van der Waals surface area contributed by atoms with Crippen LogP contribution in [0.4, 0.5) is 0 Å². The molecule has 0 aliphatic heterocycles. The fourth-order valence-electron chi connectivity index (χ4n) is 1.23. The van der Waals surface area contributed by atoms with Crippen LogP contribution >= 0.6 is 61.8 Å². The molecule has 1 N–H and O–H groups in total. The summed E-state index contributed by atoms with van der Waals surface area (Å²) in [5, 5.41) is 3.35. The van der Waals surface area contributed by atoms with Gasteiger partial charge in [0.05, 0.1) is 4.34 Å². The van der Waals surface area contributed by atoms with Crippen molar-refractivity contribution in [3.8, 4) is 0 Å². The molecule has 2 rings (SSSR count). The first-order valence-corrected chi connectivity index (χ1v) is 7.72. The Morgan fingerprint density at radius 3 is 2.44 bits per heavy atom. The van der Waals surface area contributed by atoms with Crippen molar-refractivity contribution in [2.75, 3.05) is 0 Å². The van der Waals surface area contributed by atoms with Crippen LogP contribution in [0.15, 0.2) is 22.7 Å². The zero-order chi connectivity index (χ0) is 11.5. The van der Waals surface area contributed by atoms with E-state index in [2.05, 4.69) is 21.2 Å². The molecule has 0 unspecified atom stereocenters. The zero-order valence-corrected chi connectivity index (χ0v) is 12.8. The highest BCUT2D eigenvalue weighted by molar-refractivity contribution is 9.10. The summed E-state index contributed by atoms with van der Waals surface area (Å²) in [5.41, 5.74) is 0. The van der Waals surface area contributed by atoms with Crippen LogP contribution in [-0.4, -0.2) is 0 Å². The maximum Gasteiger partial charge on any atom is 0.107 e. The van der Waals surface area contributed by atoms with Gasteiger partial charge in [0, 0.05) is 27.3 Å². The number of rotatable bonds is 4. The van der Waals surface area contributed by atoms with Crippen LogP contribution in [0.3, 0.4) is 0 Å². The first kappa shape index (κ1) is 12.9. The molecule has 0 fully saturated rings. The van der Waals surface area contributed by atoms with Crippen molar-refractivity contribution < 1.29 is 0 Å². The molecule has 0 saturated heterocycles. The van der Waals surface area contributed by atoms with Crippen molar-refractivity contribution in [1.29, 1.82) is 0 Å². The molecule has 0 spiro atoms. The summed E-state index contributed by atoms with van der Waals surface area (Å²) in [4.78, 5) is 2.46. The van der Waals surface area contributed by atoms with Crippen LogP contribution < -0.4 is 5.32 Å². The van der Waals surface area contributed by atoms with Crippen molar-refractivity contribution in [2.45, 2.75) is 13.1 Å². The van der Waals surface area contributed by atoms with Crippen LogP contribution in [0.1, 0.15) is 9.75 Å². The molecule has 2 aromatic heterocycles. The number of hydrogen-bond acceptors (Lipinski definition) is 3. The fourth-order valence-corrected chi connectivity index (χ4v) is 4.05. The summed E-state index contributed by atoms with van der Waals surface area (Å²) in [6.07, 6.45) is 0. The largest absolute Gasteiger partial charge is 0.307 e. The quantitative estimate of drug-likeness (QED) is 0.796. The van der Waals surface area contributed by atoms with E-state index in [1.165, 1.54) is 9.75 Å². The van der Waals surface area contributed by atoms with Crippen LogP contribution in [-0.2, 0) is 13.1 Å². The summed E-state index contributed by atoms with van der Waals surface area (Å²) in [6, 6.07) is 6.00. The minimum atomic E-state index is 0.802. The molecule has 0 aromatic carbocycles. The molecule has 0 aliphatic carbocycles. The molecule has 0 amide bonds. The van der Waals surface area contributed by atoms with Crippen LogP contribution in [0.25, 0.3) is 0 Å². The summed E-state index contributed by atoms with van der Waals surface area (Å²) in [5.74, 6) is 0. The highest BCUT2D eigenvalue weighted by atomic mass is 79.9. The van der Waals surface area contributed by atoms with E-state index < -0.39 is 0 Å². The maximum absolute atomic E-state index is 5.96. The predicted molar refractivity (Wildman–Crippen MR) is 76.9 cm³/mol. The van der Waals surface area contributed by atoms with E-state index in [4.69, 9.17) is 23.2 Å². The van der Waals surface area contributed by atoms with Gasteiger partial charge < -0.3 is 5.32 Å². The van der Waals surface area contributed by atoms with Crippen LogP contribution in [0.2, 0.25) is 8.67 Å². The van der Waals surface area contributed by atoms with E-state index in [1.807, 2.05) is 18.2 Å². The molecule has 16 heavy (non-hydrogen) atoms. The zero-order valence-electron chi connectivity index (χ0n) is 8.10. The third-order valence-corrected chi connectivity index (χ3v) is 5.63. The van der Waals surface area contributed by atoms with E-state index in [9.17, 15) is 0 Å². The number of hydrogen-bond donors (Lipinski definition) is 1. The minimum Gasteiger partial charge on any atom is -0.307 e. The fraction of sp³-hybridized carbons (Fsp3) is 0.200. The molecule has 0 atom stereocenters. The number of thiophene rings is 2. The molecule has 86 valence electrons. The molecule has 0 aliphatic rings. The normalized spacial score (nSPS) is 10.9. The first-order chi connectivity index (χ1) is 7.65. The average Bonchev–Trinajstić information content (AvgIpc) is 2.75. The van der Waals surface area contributed by atoms with Gasteiger partial charge in [0.2, 0.25) is 0 Å². The third kappa shape index (κ3) is 3.45. The molecular formula is C10H8BrCl2NS2. The second kappa shape index (κ2) is 5.85. The van der Waals surface area contributed by atoms with E-state index in [1.54, 1.807) is 22.7 Å². The predicted octanol–water partition coefficient (Wildman–Crippen LogP) is 5.17. The Hall–Kier alpha value is 0.420. The second-order valence-electron chi connectivity index (χ2n) is 3.14. The van der Waals surface area contributed by atoms with Gasteiger partial charge in [-0.25, -0.2) is 0 Å². The summed E-state index contributed by atoms with van der Waals surface area (Å²) in [7, 11) is 0. The van der Waals surface area contributed by atoms with Crippen molar-refractivity contribution in [2.24, 2.45) is 0 Å².